The molecule has 217 valence electrons. The first-order valence-electron chi connectivity index (χ1n) is 14.8. The van der Waals surface area contributed by atoms with Gasteiger partial charge in [0.25, 0.3) is 0 Å². The van der Waals surface area contributed by atoms with Crippen LogP contribution in [0.1, 0.15) is 52.0 Å². The molecule has 4 nitrogen and oxygen atoms in total. The number of pyridine rings is 1. The van der Waals surface area contributed by atoms with Crippen LogP contribution in [0.15, 0.2) is 120 Å². The van der Waals surface area contributed by atoms with Crippen molar-refractivity contribution in [2.75, 3.05) is 0 Å². The van der Waals surface area contributed by atoms with Gasteiger partial charge in [0.2, 0.25) is 0 Å². The standard InChI is InChI=1S/C27H25N2O.C11H8N.Ir/c1-17(2)19-11-9-12-20(18(3)4)26(19)29-24-14-7-6-13-23(24)28-27(29)22-16-30-25-15-8-5-10-21(22)25;1-2-6-10(7-3-1)11-8-4-5-9-12-11;/h5-15,17-18H,1-4H3;1-6,8-9H;/q2*-1;/i8D;;. The summed E-state index contributed by atoms with van der Waals surface area (Å²) in [6.45, 7) is 8.93. The number of aromatic nitrogens is 3. The predicted molar refractivity (Wildman–Crippen MR) is 172 cm³/mol. The molecule has 0 atom stereocenters. The molecule has 0 saturated heterocycles. The number of benzene rings is 4. The Balaban J connectivity index is 0.000000248. The van der Waals surface area contributed by atoms with E-state index in [9.17, 15) is 0 Å². The van der Waals surface area contributed by atoms with Crippen molar-refractivity contribution in [3.8, 4) is 28.3 Å². The topological polar surface area (TPSA) is 43.9 Å². The van der Waals surface area contributed by atoms with Crippen LogP contribution >= 0.6 is 0 Å². The monoisotopic (exact) mass is 741 g/mol. The second-order valence-electron chi connectivity index (χ2n) is 10.8. The van der Waals surface area contributed by atoms with Crippen molar-refractivity contribution in [1.29, 1.82) is 0 Å². The number of furan rings is 1. The zero-order valence-electron chi connectivity index (χ0n) is 25.6. The number of hydrogen-bond acceptors (Lipinski definition) is 3. The van der Waals surface area contributed by atoms with E-state index in [1.807, 2.05) is 60.7 Å². The van der Waals surface area contributed by atoms with Gasteiger partial charge in [-0.3, -0.25) is 4.98 Å². The molecule has 0 aliphatic rings. The third-order valence-electron chi connectivity index (χ3n) is 7.36. The summed E-state index contributed by atoms with van der Waals surface area (Å²) < 4.78 is 15.9. The largest absolute Gasteiger partial charge is 0.557 e. The molecule has 3 aromatic heterocycles. The summed E-state index contributed by atoms with van der Waals surface area (Å²) >= 11 is 0. The number of nitrogens with zero attached hydrogens (tertiary/aromatic N) is 3. The molecule has 1 radical (unpaired) electrons. The summed E-state index contributed by atoms with van der Waals surface area (Å²) in [5, 5.41) is 0.917. The van der Waals surface area contributed by atoms with Crippen LogP contribution in [0.4, 0.5) is 0 Å². The maximum Gasteiger partial charge on any atom is 0.0774 e. The molecule has 43 heavy (non-hydrogen) atoms. The smallest absolute Gasteiger partial charge is 0.0774 e. The van der Waals surface area contributed by atoms with Crippen LogP contribution in [-0.4, -0.2) is 14.5 Å². The molecule has 0 saturated carbocycles. The Morgan fingerprint density at radius 2 is 1.53 bits per heavy atom. The molecule has 3 heterocycles. The van der Waals surface area contributed by atoms with Crippen LogP contribution in [0, 0.1) is 12.3 Å². The minimum absolute atomic E-state index is 0. The first-order chi connectivity index (χ1) is 20.9. The van der Waals surface area contributed by atoms with Crippen LogP contribution in [0.5, 0.6) is 0 Å². The molecular formula is C38H33IrN3O-2. The van der Waals surface area contributed by atoms with Gasteiger partial charge in [0.15, 0.2) is 0 Å². The van der Waals surface area contributed by atoms with Gasteiger partial charge in [-0.1, -0.05) is 99.3 Å². The molecule has 0 aliphatic heterocycles. The molecule has 0 N–H and O–H groups in total. The van der Waals surface area contributed by atoms with E-state index < -0.39 is 0 Å². The molecule has 0 unspecified atom stereocenters. The minimum atomic E-state index is 0. The molecular weight excluding hydrogens is 707 g/mol. The van der Waals surface area contributed by atoms with Crippen molar-refractivity contribution >= 4 is 22.0 Å². The van der Waals surface area contributed by atoms with Gasteiger partial charge >= 0.3 is 0 Å². The van der Waals surface area contributed by atoms with E-state index in [4.69, 9.17) is 10.8 Å². The molecule has 5 heteroatoms. The van der Waals surface area contributed by atoms with Gasteiger partial charge in [0, 0.05) is 43.8 Å². The van der Waals surface area contributed by atoms with Crippen LogP contribution in [0.3, 0.4) is 0 Å². The SMILES string of the molecule is [2H]c1ccc2c(-c3nc4ccccc4n3-c3c(C(C)C)cccc3C(C)C)[c-]oc2c1.[Ir].[c-]1ccccc1-c1ccccn1. The predicted octanol–water partition coefficient (Wildman–Crippen LogP) is 10.0. The van der Waals surface area contributed by atoms with Crippen LogP contribution in [-0.2, 0) is 20.1 Å². The Labute approximate surface area is 268 Å². The van der Waals surface area contributed by atoms with Gasteiger partial charge < -0.3 is 14.0 Å². The second-order valence-corrected chi connectivity index (χ2v) is 10.8. The molecule has 7 aromatic rings. The van der Waals surface area contributed by atoms with E-state index in [1.165, 1.54) is 16.8 Å². The van der Waals surface area contributed by atoms with Gasteiger partial charge in [-0.15, -0.1) is 42.0 Å². The van der Waals surface area contributed by atoms with Gasteiger partial charge in [-0.2, -0.15) is 0 Å². The van der Waals surface area contributed by atoms with Crippen LogP contribution in [0.25, 0.3) is 50.3 Å². The number of para-hydroxylation sites is 4. The molecule has 0 amide bonds. The number of hydrogen-bond donors (Lipinski definition) is 0. The number of imidazole rings is 1. The maximum absolute atomic E-state index is 7.91. The number of rotatable bonds is 5. The zero-order chi connectivity index (χ0) is 29.9. The third-order valence-corrected chi connectivity index (χ3v) is 7.36. The summed E-state index contributed by atoms with van der Waals surface area (Å²) in [7, 11) is 0. The molecule has 0 spiro atoms. The quantitative estimate of drug-likeness (QED) is 0.165. The van der Waals surface area contributed by atoms with E-state index in [0.717, 1.165) is 39.1 Å². The van der Waals surface area contributed by atoms with Crippen LogP contribution < -0.4 is 0 Å². The van der Waals surface area contributed by atoms with E-state index in [-0.39, 0.29) is 20.1 Å². The van der Waals surface area contributed by atoms with Crippen LogP contribution in [0.2, 0.25) is 0 Å². The summed E-state index contributed by atoms with van der Waals surface area (Å²) in [5.41, 5.74) is 9.25. The van der Waals surface area contributed by atoms with E-state index >= 15 is 0 Å². The molecule has 0 fully saturated rings. The average molecular weight is 741 g/mol. The first kappa shape index (κ1) is 28.8. The Bertz CT molecular complexity index is 1930. The van der Waals surface area contributed by atoms with Gasteiger partial charge in [-0.05, 0) is 46.9 Å². The van der Waals surface area contributed by atoms with E-state index in [1.54, 1.807) is 18.3 Å². The summed E-state index contributed by atoms with van der Waals surface area (Å²) in [4.78, 5) is 9.25. The fourth-order valence-corrected chi connectivity index (χ4v) is 5.30. The summed E-state index contributed by atoms with van der Waals surface area (Å²) in [6.07, 6.45) is 4.87. The minimum Gasteiger partial charge on any atom is -0.557 e. The van der Waals surface area contributed by atoms with Gasteiger partial charge in [-0.25, -0.2) is 0 Å². The van der Waals surface area contributed by atoms with E-state index in [2.05, 4.69) is 79.9 Å². The normalized spacial score (nSPS) is 11.3. The maximum atomic E-state index is 7.91. The number of fused-ring (bicyclic) bond motifs is 2. The fourth-order valence-electron chi connectivity index (χ4n) is 5.30. The molecule has 0 aliphatic carbocycles. The Morgan fingerprint density at radius 1 is 0.791 bits per heavy atom. The second kappa shape index (κ2) is 13.3. The molecule has 0 bridgehead atoms. The van der Waals surface area contributed by atoms with Gasteiger partial charge in [0.1, 0.15) is 0 Å². The van der Waals surface area contributed by atoms with Crippen molar-refractivity contribution in [2.24, 2.45) is 0 Å². The summed E-state index contributed by atoms with van der Waals surface area (Å²) in [5.74, 6) is 1.53. The first-order valence-corrected chi connectivity index (χ1v) is 14.3. The Morgan fingerprint density at radius 3 is 2.23 bits per heavy atom. The average Bonchev–Trinajstić information content (AvgIpc) is 3.62. The Kier molecular flexibility index (Phi) is 8.93. The summed E-state index contributed by atoms with van der Waals surface area (Å²) in [6, 6.07) is 37.5. The van der Waals surface area contributed by atoms with Crippen molar-refractivity contribution in [3.63, 3.8) is 0 Å². The Hall–Kier alpha value is -4.31. The molecule has 4 aromatic carbocycles. The van der Waals surface area contributed by atoms with Crippen molar-refractivity contribution in [1.82, 2.24) is 14.5 Å². The third kappa shape index (κ3) is 6.10. The van der Waals surface area contributed by atoms with Crippen molar-refractivity contribution < 1.29 is 25.9 Å². The van der Waals surface area contributed by atoms with Gasteiger partial charge in [0.05, 0.1) is 18.2 Å². The molecule has 7 rings (SSSR count). The van der Waals surface area contributed by atoms with Crippen molar-refractivity contribution in [2.45, 2.75) is 39.5 Å². The van der Waals surface area contributed by atoms with E-state index in [0.29, 0.717) is 23.5 Å². The zero-order valence-corrected chi connectivity index (χ0v) is 27.0. The van der Waals surface area contributed by atoms with Crippen molar-refractivity contribution in [3.05, 3.63) is 139 Å². The fraction of sp³-hybridized carbons (Fsp3) is 0.158.